The second kappa shape index (κ2) is 9.89. The first kappa shape index (κ1) is 21.9. The molecule has 0 atom stereocenters. The van der Waals surface area contributed by atoms with Crippen molar-refractivity contribution in [3.63, 3.8) is 0 Å². The van der Waals surface area contributed by atoms with Gasteiger partial charge in [0.25, 0.3) is 0 Å². The summed E-state index contributed by atoms with van der Waals surface area (Å²) in [6.45, 7) is 2.03. The van der Waals surface area contributed by atoms with Gasteiger partial charge in [-0.2, -0.15) is 0 Å². The van der Waals surface area contributed by atoms with Crippen molar-refractivity contribution in [1.29, 1.82) is 0 Å². The molecule has 162 valence electrons. The van der Waals surface area contributed by atoms with Crippen molar-refractivity contribution < 1.29 is 9.59 Å². The molecule has 4 aromatic rings. The lowest BCUT2D eigenvalue weighted by molar-refractivity contribution is -0.128. The van der Waals surface area contributed by atoms with E-state index in [4.69, 9.17) is 4.98 Å². The zero-order chi connectivity index (χ0) is 22.5. The molecule has 5 nitrogen and oxygen atoms in total. The van der Waals surface area contributed by atoms with Gasteiger partial charge >= 0.3 is 0 Å². The molecule has 0 spiro atoms. The van der Waals surface area contributed by atoms with Crippen LogP contribution in [0, 0.1) is 0 Å². The minimum Gasteiger partial charge on any atom is -0.342 e. The van der Waals surface area contributed by atoms with Crippen LogP contribution < -0.4 is 5.32 Å². The maximum atomic E-state index is 12.9. The molecule has 4 rings (SSSR count). The molecule has 1 N–H and O–H groups in total. The highest BCUT2D eigenvalue weighted by atomic mass is 32.1. The van der Waals surface area contributed by atoms with Gasteiger partial charge in [-0.1, -0.05) is 48.5 Å². The minimum absolute atomic E-state index is 0.0000363. The van der Waals surface area contributed by atoms with E-state index in [1.54, 1.807) is 34.6 Å². The van der Waals surface area contributed by atoms with E-state index in [1.807, 2.05) is 72.1 Å². The average Bonchev–Trinajstić information content (AvgIpc) is 3.44. The summed E-state index contributed by atoms with van der Waals surface area (Å²) in [5.41, 5.74) is 3.60. The number of nitrogens with one attached hydrogen (secondary N) is 1. The summed E-state index contributed by atoms with van der Waals surface area (Å²) in [5.74, 6) is -0.0944. The maximum Gasteiger partial charge on any atom is 0.229 e. The number of amides is 2. The Balaban J connectivity index is 1.53. The van der Waals surface area contributed by atoms with E-state index in [-0.39, 0.29) is 18.2 Å². The first-order valence-corrected chi connectivity index (χ1v) is 11.9. The van der Waals surface area contributed by atoms with Crippen LogP contribution in [0.15, 0.2) is 72.1 Å². The molecule has 0 bridgehead atoms. The molecule has 0 unspecified atom stereocenters. The third-order valence-electron chi connectivity index (χ3n) is 4.96. The summed E-state index contributed by atoms with van der Waals surface area (Å²) in [6.07, 6.45) is 0.245. The smallest absolute Gasteiger partial charge is 0.229 e. The van der Waals surface area contributed by atoms with Gasteiger partial charge in [0, 0.05) is 36.6 Å². The Labute approximate surface area is 195 Å². The highest BCUT2D eigenvalue weighted by Gasteiger charge is 2.18. The zero-order valence-electron chi connectivity index (χ0n) is 17.9. The van der Waals surface area contributed by atoms with Crippen molar-refractivity contribution in [3.8, 4) is 21.1 Å². The predicted octanol–water partition coefficient (Wildman–Crippen LogP) is 5.70. The molecule has 0 fully saturated rings. The molecule has 2 amide bonds. The van der Waals surface area contributed by atoms with E-state index in [9.17, 15) is 9.59 Å². The third kappa shape index (κ3) is 5.30. The number of nitrogens with zero attached hydrogens (tertiary/aromatic N) is 2. The average molecular weight is 462 g/mol. The van der Waals surface area contributed by atoms with Crippen LogP contribution in [0.5, 0.6) is 0 Å². The Morgan fingerprint density at radius 1 is 1.03 bits per heavy atom. The Morgan fingerprint density at radius 2 is 1.84 bits per heavy atom. The van der Waals surface area contributed by atoms with Crippen LogP contribution in [0.2, 0.25) is 0 Å². The zero-order valence-corrected chi connectivity index (χ0v) is 19.5. The van der Waals surface area contributed by atoms with Gasteiger partial charge in [-0.15, -0.1) is 22.7 Å². The quantitative estimate of drug-likeness (QED) is 0.384. The monoisotopic (exact) mass is 461 g/mol. The van der Waals surface area contributed by atoms with Gasteiger partial charge in [0.2, 0.25) is 11.8 Å². The summed E-state index contributed by atoms with van der Waals surface area (Å²) >= 11 is 3.18. The standard InChI is InChI=1S/C25H23N3O2S2/c1-17(29)28(2)16-18-8-6-11-20(14-18)26-23(30)15-22-24(21-12-7-13-31-21)27-25(32-22)19-9-4-3-5-10-19/h3-14H,15-16H2,1-2H3,(H,26,30). The molecule has 2 aromatic heterocycles. The second-order valence-electron chi connectivity index (χ2n) is 7.43. The van der Waals surface area contributed by atoms with Crippen molar-refractivity contribution in [1.82, 2.24) is 9.88 Å². The van der Waals surface area contributed by atoms with Crippen molar-refractivity contribution in [2.24, 2.45) is 0 Å². The highest BCUT2D eigenvalue weighted by Crippen LogP contribution is 2.36. The fraction of sp³-hybridized carbons (Fsp3) is 0.160. The van der Waals surface area contributed by atoms with Gasteiger partial charge in [-0.25, -0.2) is 4.98 Å². The molecule has 0 aliphatic rings. The van der Waals surface area contributed by atoms with Crippen molar-refractivity contribution in [3.05, 3.63) is 82.6 Å². The first-order chi connectivity index (χ1) is 15.5. The summed E-state index contributed by atoms with van der Waals surface area (Å²) < 4.78 is 0. The van der Waals surface area contributed by atoms with Crippen LogP contribution in [0.25, 0.3) is 21.1 Å². The molecule has 0 radical (unpaired) electrons. The van der Waals surface area contributed by atoms with Crippen molar-refractivity contribution in [2.45, 2.75) is 19.9 Å². The minimum atomic E-state index is -0.0943. The Hall–Kier alpha value is -3.29. The molecule has 32 heavy (non-hydrogen) atoms. The van der Waals surface area contributed by atoms with Crippen LogP contribution in [0.1, 0.15) is 17.4 Å². The SMILES string of the molecule is CC(=O)N(C)Cc1cccc(NC(=O)Cc2sc(-c3ccccc3)nc2-c2cccs2)c1. The van der Waals surface area contributed by atoms with Gasteiger partial charge in [0.1, 0.15) is 5.01 Å². The number of benzene rings is 2. The Bertz CT molecular complexity index is 1220. The van der Waals surface area contributed by atoms with Gasteiger partial charge in [0.15, 0.2) is 0 Å². The molecule has 7 heteroatoms. The number of carbonyl (C=O) groups is 2. The number of aromatic nitrogens is 1. The van der Waals surface area contributed by atoms with E-state index in [0.717, 1.165) is 37.3 Å². The normalized spacial score (nSPS) is 10.7. The third-order valence-corrected chi connectivity index (χ3v) is 6.94. The Morgan fingerprint density at radius 3 is 2.56 bits per heavy atom. The number of rotatable bonds is 7. The van der Waals surface area contributed by atoms with Crippen LogP contribution in [-0.4, -0.2) is 28.7 Å². The van der Waals surface area contributed by atoms with Crippen molar-refractivity contribution in [2.75, 3.05) is 12.4 Å². The van der Waals surface area contributed by atoms with E-state index >= 15 is 0 Å². The second-order valence-corrected chi connectivity index (χ2v) is 9.47. The number of hydrogen-bond donors (Lipinski definition) is 1. The largest absolute Gasteiger partial charge is 0.342 e. The fourth-order valence-electron chi connectivity index (χ4n) is 3.27. The summed E-state index contributed by atoms with van der Waals surface area (Å²) in [7, 11) is 1.76. The molecule has 0 aliphatic heterocycles. The Kier molecular flexibility index (Phi) is 6.78. The van der Waals surface area contributed by atoms with Crippen LogP contribution in [-0.2, 0) is 22.6 Å². The van der Waals surface area contributed by atoms with E-state index in [1.165, 1.54) is 6.92 Å². The number of carbonyl (C=O) groups excluding carboxylic acids is 2. The van der Waals surface area contributed by atoms with E-state index < -0.39 is 0 Å². The first-order valence-electron chi connectivity index (χ1n) is 10.2. The van der Waals surface area contributed by atoms with Crippen molar-refractivity contribution >= 4 is 40.2 Å². The summed E-state index contributed by atoms with van der Waals surface area (Å²) in [5, 5.41) is 5.92. The topological polar surface area (TPSA) is 62.3 Å². The highest BCUT2D eigenvalue weighted by molar-refractivity contribution is 7.17. The number of thiazole rings is 1. The lowest BCUT2D eigenvalue weighted by Crippen LogP contribution is -2.23. The lowest BCUT2D eigenvalue weighted by atomic mass is 10.2. The number of thiophene rings is 1. The van der Waals surface area contributed by atoms with Crippen LogP contribution in [0.3, 0.4) is 0 Å². The molecule has 0 aliphatic carbocycles. The molecule has 0 saturated carbocycles. The molecule has 2 aromatic carbocycles. The number of hydrogen-bond acceptors (Lipinski definition) is 5. The molecular weight excluding hydrogens is 438 g/mol. The molecule has 2 heterocycles. The molecule has 0 saturated heterocycles. The fourth-order valence-corrected chi connectivity index (χ4v) is 5.15. The van der Waals surface area contributed by atoms with Gasteiger partial charge in [0.05, 0.1) is 17.0 Å². The van der Waals surface area contributed by atoms with Gasteiger partial charge in [-0.05, 0) is 29.1 Å². The maximum absolute atomic E-state index is 12.9. The lowest BCUT2D eigenvalue weighted by Gasteiger charge is -2.15. The van der Waals surface area contributed by atoms with Gasteiger partial charge in [-0.3, -0.25) is 9.59 Å². The summed E-state index contributed by atoms with van der Waals surface area (Å²) in [4.78, 5) is 32.9. The summed E-state index contributed by atoms with van der Waals surface area (Å²) in [6, 6.07) is 21.6. The van der Waals surface area contributed by atoms with Crippen LogP contribution in [0.4, 0.5) is 5.69 Å². The van der Waals surface area contributed by atoms with E-state index in [2.05, 4.69) is 5.32 Å². The van der Waals surface area contributed by atoms with Crippen LogP contribution >= 0.6 is 22.7 Å². The van der Waals surface area contributed by atoms with Gasteiger partial charge < -0.3 is 10.2 Å². The number of anilines is 1. The molecular formula is C25H23N3O2S2. The van der Waals surface area contributed by atoms with E-state index in [0.29, 0.717) is 6.54 Å². The predicted molar refractivity (Wildman–Crippen MR) is 132 cm³/mol.